The molecule has 2 aromatic heterocycles. The van der Waals surface area contributed by atoms with Crippen molar-refractivity contribution in [2.45, 2.75) is 53.2 Å². The van der Waals surface area contributed by atoms with E-state index in [1.807, 2.05) is 64.1 Å². The van der Waals surface area contributed by atoms with E-state index < -0.39 is 11.6 Å². The van der Waals surface area contributed by atoms with E-state index in [0.717, 1.165) is 17.7 Å². The van der Waals surface area contributed by atoms with Gasteiger partial charge < -0.3 is 4.74 Å². The summed E-state index contributed by atoms with van der Waals surface area (Å²) in [4.78, 5) is 32.7. The maximum Gasteiger partial charge on any atom is 0.439 e. The molecule has 0 aliphatic rings. The van der Waals surface area contributed by atoms with Gasteiger partial charge >= 0.3 is 5.76 Å². The molecule has 0 fully saturated rings. The predicted molar refractivity (Wildman–Crippen MR) is 161 cm³/mol. The summed E-state index contributed by atoms with van der Waals surface area (Å²) >= 11 is 0. The maximum absolute atomic E-state index is 15.6. The van der Waals surface area contributed by atoms with Crippen molar-refractivity contribution in [3.63, 3.8) is 0 Å². The quantitative estimate of drug-likeness (QED) is 0.218. The molecule has 0 unspecified atom stereocenters. The van der Waals surface area contributed by atoms with Gasteiger partial charge in [-0.05, 0) is 62.1 Å². The molecule has 0 aliphatic heterocycles. The van der Waals surface area contributed by atoms with Crippen molar-refractivity contribution in [2.75, 3.05) is 0 Å². The summed E-state index contributed by atoms with van der Waals surface area (Å²) in [5.74, 6) is 0.458. The molecule has 2 heterocycles. The molecule has 211 valence electrons. The summed E-state index contributed by atoms with van der Waals surface area (Å²) in [6.45, 7) is 7.79. The Hall–Kier alpha value is -3.15. The molecule has 0 saturated heterocycles. The number of aromatic nitrogens is 4. The molecule has 0 aliphatic carbocycles. The Labute approximate surface area is 285 Å². The second kappa shape index (κ2) is 13.9. The van der Waals surface area contributed by atoms with Gasteiger partial charge in [-0.3, -0.25) is 18.9 Å². The van der Waals surface area contributed by atoms with Crippen molar-refractivity contribution in [1.29, 1.82) is 0 Å². The first kappa shape index (κ1) is 31.8. The van der Waals surface area contributed by atoms with Gasteiger partial charge in [-0.1, -0.05) is 60.6 Å². The summed E-state index contributed by atoms with van der Waals surface area (Å²) in [5.41, 5.74) is 3.85. The van der Waals surface area contributed by atoms with Gasteiger partial charge in [0.25, 0.3) is 5.56 Å². The molecule has 1 N–H and O–H groups in total. The first-order valence-electron chi connectivity index (χ1n) is 13.6. The van der Waals surface area contributed by atoms with E-state index in [9.17, 15) is 9.59 Å². The number of benzene rings is 3. The van der Waals surface area contributed by atoms with Crippen molar-refractivity contribution >= 4 is 51.4 Å². The number of halogens is 1. The number of ether oxygens (including phenoxy) is 1. The zero-order valence-electron chi connectivity index (χ0n) is 24.4. The summed E-state index contributed by atoms with van der Waals surface area (Å²) in [5, 5.41) is 3.77. The van der Waals surface area contributed by atoms with Crippen molar-refractivity contribution in [3.8, 4) is 39.4 Å². The summed E-state index contributed by atoms with van der Waals surface area (Å²) in [7, 11) is 0. The van der Waals surface area contributed by atoms with Crippen molar-refractivity contribution in [3.05, 3.63) is 111 Å². The third kappa shape index (κ3) is 6.90. The number of aromatic amines is 1. The topological polar surface area (TPSA) is 103 Å². The van der Waals surface area contributed by atoms with Crippen LogP contribution in [0.15, 0.2) is 80.8 Å². The van der Waals surface area contributed by atoms with Gasteiger partial charge in [0, 0.05) is 68.9 Å². The Bertz CT molecular complexity index is 1810. The van der Waals surface area contributed by atoms with Crippen LogP contribution in [0.4, 0.5) is 4.39 Å². The van der Waals surface area contributed by atoms with Gasteiger partial charge in [-0.15, -0.1) is 0 Å². The molecule has 0 saturated carbocycles. The molecule has 8 nitrogen and oxygen atoms in total. The van der Waals surface area contributed by atoms with Crippen LogP contribution in [0.2, 0.25) is 0 Å². The van der Waals surface area contributed by atoms with Crippen molar-refractivity contribution < 1.29 is 13.7 Å². The molecular weight excluding hydrogens is 562 g/mol. The average Bonchev–Trinajstić information content (AvgIpc) is 3.38. The number of aryl methyl sites for hydroxylation is 2. The zero-order valence-corrected chi connectivity index (χ0v) is 27.5. The second-order valence-corrected chi connectivity index (χ2v) is 10.1. The van der Waals surface area contributed by atoms with Gasteiger partial charge in [0.1, 0.15) is 17.4 Å². The Morgan fingerprint density at radius 2 is 1.69 bits per heavy atom. The van der Waals surface area contributed by atoms with Crippen LogP contribution in [0.1, 0.15) is 44.3 Å². The normalized spacial score (nSPS) is 11.0. The minimum Gasteiger partial charge on any atom is -0.491 e. The van der Waals surface area contributed by atoms with Gasteiger partial charge in [0.2, 0.25) is 0 Å². The van der Waals surface area contributed by atoms with Gasteiger partial charge in [0.15, 0.2) is 5.82 Å². The number of rotatable bonds is 9. The molecule has 42 heavy (non-hydrogen) atoms. The monoisotopic (exact) mass is 593 g/mol. The Balaban J connectivity index is 0.00000405. The predicted octanol–water partition coefficient (Wildman–Crippen LogP) is 5.78. The van der Waals surface area contributed by atoms with Crippen LogP contribution >= 0.6 is 0 Å². The van der Waals surface area contributed by atoms with Crippen LogP contribution in [0.25, 0.3) is 33.6 Å². The van der Waals surface area contributed by atoms with E-state index in [4.69, 9.17) is 9.72 Å². The fraction of sp³-hybridized carbons (Fsp3) is 0.250. The molecule has 1 radical (unpaired) electrons. The molecule has 0 spiro atoms. The molecule has 0 bridgehead atoms. The first-order valence-corrected chi connectivity index (χ1v) is 13.6. The summed E-state index contributed by atoms with van der Waals surface area (Å²) < 4.78 is 27.6. The molecule has 0 atom stereocenters. The van der Waals surface area contributed by atoms with Crippen LogP contribution in [0, 0.1) is 12.7 Å². The number of hydrogen-bond acceptors (Lipinski definition) is 6. The van der Waals surface area contributed by atoms with Gasteiger partial charge in [0.05, 0.1) is 23.9 Å². The fourth-order valence-corrected chi connectivity index (χ4v) is 4.90. The summed E-state index contributed by atoms with van der Waals surface area (Å²) in [6.07, 6.45) is 1.41. The van der Waals surface area contributed by atoms with Crippen LogP contribution < -0.4 is 16.1 Å². The fourth-order valence-electron chi connectivity index (χ4n) is 4.90. The molecule has 10 heteroatoms. The van der Waals surface area contributed by atoms with Gasteiger partial charge in [-0.2, -0.15) is 0 Å². The first-order chi connectivity index (χ1) is 19.7. The molecule has 3 aromatic carbocycles. The SMILES string of the molecule is CCCc1nc(C)c(-c2ccc(OC(C)C)cc2)c(=O)n1Cc1ccc(-c2ccccc2-c2noc(=O)[nH]2)cc1F.[K]. The molecular formula is C32H31FKN4O4. The number of hydrogen-bond donors (Lipinski definition) is 1. The van der Waals surface area contributed by atoms with E-state index >= 15 is 4.39 Å². The Morgan fingerprint density at radius 1 is 1.00 bits per heavy atom. The molecule has 5 aromatic rings. The van der Waals surface area contributed by atoms with Crippen molar-refractivity contribution in [2.24, 2.45) is 0 Å². The number of nitrogens with one attached hydrogen (secondary N) is 1. The Kier molecular flexibility index (Phi) is 10.5. The minimum absolute atomic E-state index is 0. The van der Waals surface area contributed by atoms with E-state index in [1.54, 1.807) is 28.8 Å². The second-order valence-electron chi connectivity index (χ2n) is 10.1. The third-order valence-corrected chi connectivity index (χ3v) is 6.73. The van der Waals surface area contributed by atoms with E-state index in [1.165, 1.54) is 6.07 Å². The van der Waals surface area contributed by atoms with Crippen LogP contribution in [-0.4, -0.2) is 77.2 Å². The Morgan fingerprint density at radius 3 is 2.31 bits per heavy atom. The summed E-state index contributed by atoms with van der Waals surface area (Å²) in [6, 6.07) is 19.5. The van der Waals surface area contributed by atoms with E-state index in [-0.39, 0.29) is 75.4 Å². The van der Waals surface area contributed by atoms with Gasteiger partial charge in [-0.25, -0.2) is 14.2 Å². The van der Waals surface area contributed by atoms with E-state index in [2.05, 4.69) is 14.7 Å². The minimum atomic E-state index is -0.671. The van der Waals surface area contributed by atoms with Crippen LogP contribution in [-0.2, 0) is 13.0 Å². The largest absolute Gasteiger partial charge is 0.491 e. The maximum atomic E-state index is 15.6. The van der Waals surface area contributed by atoms with E-state index in [0.29, 0.717) is 45.8 Å². The average molecular weight is 594 g/mol. The third-order valence-electron chi connectivity index (χ3n) is 6.73. The molecule has 0 amide bonds. The van der Waals surface area contributed by atoms with Crippen LogP contribution in [0.3, 0.4) is 0 Å². The number of H-pyrrole nitrogens is 1. The van der Waals surface area contributed by atoms with Crippen LogP contribution in [0.5, 0.6) is 5.75 Å². The molecule has 5 rings (SSSR count). The smallest absolute Gasteiger partial charge is 0.439 e. The zero-order chi connectivity index (χ0) is 29.1. The number of nitrogens with zero attached hydrogens (tertiary/aromatic N) is 3. The van der Waals surface area contributed by atoms with Crippen molar-refractivity contribution in [1.82, 2.24) is 19.7 Å². The standard InChI is InChI=1S/C32H31FN4O4.K/c1-5-8-28-34-20(4)29(21-13-15-24(16-14-21)40-19(2)3)31(38)37(28)18-23-12-11-22(17-27(23)33)25-9-6-7-10-26(25)30-35-32(39)41-36-30;/h6-7,9-17,19H,5,8,18H2,1-4H3,(H,35,36,39);.